The fraction of sp³-hybridized carbons (Fsp3) is 0.333. The molecule has 1 N–H and O–H groups in total. The van der Waals surface area contributed by atoms with E-state index in [2.05, 4.69) is 5.92 Å². The molecule has 0 saturated carbocycles. The second-order valence-electron chi connectivity index (χ2n) is 1.58. The first-order valence-corrected chi connectivity index (χ1v) is 2.54. The van der Waals surface area contributed by atoms with E-state index >= 15 is 0 Å². The van der Waals surface area contributed by atoms with Crippen LogP contribution in [-0.4, -0.2) is 10.7 Å². The van der Waals surface area contributed by atoms with Crippen molar-refractivity contribution in [1.82, 2.24) is 0 Å². The van der Waals surface area contributed by atoms with Crippen LogP contribution in [0, 0.1) is 12.3 Å². The molecule has 0 spiro atoms. The Hall–Kier alpha value is -0.450. The highest BCUT2D eigenvalue weighted by atomic mass is 35.5. The van der Waals surface area contributed by atoms with Crippen molar-refractivity contribution in [3.63, 3.8) is 0 Å². The molecule has 0 radical (unpaired) electrons. The van der Waals surface area contributed by atoms with Crippen molar-refractivity contribution in [2.24, 2.45) is 0 Å². The molecule has 8 heavy (non-hydrogen) atoms. The highest BCUT2D eigenvalue weighted by Crippen LogP contribution is 2.02. The van der Waals surface area contributed by atoms with Crippen LogP contribution in [0.2, 0.25) is 0 Å². The molecule has 0 rings (SSSR count). The molecule has 0 aromatic heterocycles. The van der Waals surface area contributed by atoms with Crippen LogP contribution >= 0.6 is 11.6 Å². The highest BCUT2D eigenvalue weighted by Gasteiger charge is 2.08. The second kappa shape index (κ2) is 2.76. The Bertz CT molecular complexity index is 130. The summed E-state index contributed by atoms with van der Waals surface area (Å²) in [5, 5.41) is 8.92. The fourth-order valence-corrected chi connectivity index (χ4v) is 0.416. The van der Waals surface area contributed by atoms with Gasteiger partial charge in [0.25, 0.3) is 0 Å². The molecule has 0 aromatic carbocycles. The molecule has 44 valence electrons. The average molecular weight is 131 g/mol. The lowest BCUT2D eigenvalue weighted by molar-refractivity contribution is 0.175. The molecule has 0 aliphatic heterocycles. The number of terminal acetylenes is 1. The maximum atomic E-state index is 8.92. The van der Waals surface area contributed by atoms with Gasteiger partial charge in [-0.05, 0) is 13.0 Å². The van der Waals surface area contributed by atoms with Gasteiger partial charge in [-0.15, -0.1) is 6.42 Å². The molecule has 0 aliphatic carbocycles. The summed E-state index contributed by atoms with van der Waals surface area (Å²) >= 11 is 5.13. The lowest BCUT2D eigenvalue weighted by Gasteiger charge is -2.07. The predicted molar refractivity (Wildman–Crippen MR) is 34.4 cm³/mol. The number of aliphatic hydroxyl groups is 1. The minimum Gasteiger partial charge on any atom is -0.374 e. The van der Waals surface area contributed by atoms with Crippen LogP contribution in [0.5, 0.6) is 0 Å². The quantitative estimate of drug-likeness (QED) is 0.528. The van der Waals surface area contributed by atoms with Crippen molar-refractivity contribution in [1.29, 1.82) is 0 Å². The SMILES string of the molecule is C#CC(C)(O)/C=C/Cl. The Labute approximate surface area is 54.0 Å². The van der Waals surface area contributed by atoms with Crippen LogP contribution in [-0.2, 0) is 0 Å². The molecule has 1 nitrogen and oxygen atoms in total. The largest absolute Gasteiger partial charge is 0.374 e. The Morgan fingerprint density at radius 1 is 1.88 bits per heavy atom. The summed E-state index contributed by atoms with van der Waals surface area (Å²) in [7, 11) is 0. The molecule has 0 heterocycles. The van der Waals surface area contributed by atoms with Gasteiger partial charge in [-0.1, -0.05) is 17.5 Å². The van der Waals surface area contributed by atoms with E-state index in [0.717, 1.165) is 0 Å². The maximum Gasteiger partial charge on any atom is 0.142 e. The average Bonchev–Trinajstić information content (AvgIpc) is 1.67. The lowest BCUT2D eigenvalue weighted by atomic mass is 10.1. The summed E-state index contributed by atoms with van der Waals surface area (Å²) in [6.07, 6.45) is 6.21. The van der Waals surface area contributed by atoms with Gasteiger partial charge in [0, 0.05) is 5.54 Å². The number of rotatable bonds is 1. The van der Waals surface area contributed by atoms with Crippen LogP contribution in [0.3, 0.4) is 0 Å². The van der Waals surface area contributed by atoms with E-state index in [1.807, 2.05) is 0 Å². The van der Waals surface area contributed by atoms with Crippen molar-refractivity contribution in [3.8, 4) is 12.3 Å². The standard InChI is InChI=1S/C6H7ClO/c1-3-6(2,8)4-5-7/h1,4-5,8H,2H3/b5-4+. The summed E-state index contributed by atoms with van der Waals surface area (Å²) in [4.78, 5) is 0. The maximum absolute atomic E-state index is 8.92. The van der Waals surface area contributed by atoms with E-state index in [4.69, 9.17) is 23.1 Å². The number of hydrogen-bond acceptors (Lipinski definition) is 1. The van der Waals surface area contributed by atoms with Gasteiger partial charge < -0.3 is 5.11 Å². The first-order chi connectivity index (χ1) is 3.62. The number of hydrogen-bond donors (Lipinski definition) is 1. The normalized spacial score (nSPS) is 17.8. The molecular weight excluding hydrogens is 124 g/mol. The Balaban J connectivity index is 3.97. The predicted octanol–water partition coefficient (Wildman–Crippen LogP) is 1.12. The zero-order valence-corrected chi connectivity index (χ0v) is 5.31. The van der Waals surface area contributed by atoms with Crippen LogP contribution in [0.25, 0.3) is 0 Å². The van der Waals surface area contributed by atoms with Crippen molar-refractivity contribution in [2.75, 3.05) is 0 Å². The van der Waals surface area contributed by atoms with E-state index < -0.39 is 5.60 Å². The molecule has 2 heteroatoms. The third-order valence-electron chi connectivity index (χ3n) is 0.680. The molecular formula is C6H7ClO. The van der Waals surface area contributed by atoms with E-state index in [0.29, 0.717) is 0 Å². The summed E-state index contributed by atoms with van der Waals surface area (Å²) in [5.41, 5.74) is 0.00160. The Kier molecular flexibility index (Phi) is 2.60. The lowest BCUT2D eigenvalue weighted by Crippen LogP contribution is -2.16. The van der Waals surface area contributed by atoms with Gasteiger partial charge in [0.2, 0.25) is 0 Å². The van der Waals surface area contributed by atoms with Gasteiger partial charge >= 0.3 is 0 Å². The third-order valence-corrected chi connectivity index (χ3v) is 0.806. The third kappa shape index (κ3) is 2.68. The highest BCUT2D eigenvalue weighted by molar-refractivity contribution is 6.25. The first kappa shape index (κ1) is 7.55. The van der Waals surface area contributed by atoms with Crippen molar-refractivity contribution in [3.05, 3.63) is 11.6 Å². The Morgan fingerprint density at radius 2 is 2.38 bits per heavy atom. The van der Waals surface area contributed by atoms with Gasteiger partial charge in [0.1, 0.15) is 5.60 Å². The van der Waals surface area contributed by atoms with Gasteiger partial charge in [0.05, 0.1) is 0 Å². The van der Waals surface area contributed by atoms with Gasteiger partial charge in [0.15, 0.2) is 0 Å². The second-order valence-corrected chi connectivity index (χ2v) is 1.84. The zero-order valence-electron chi connectivity index (χ0n) is 4.56. The van der Waals surface area contributed by atoms with E-state index in [9.17, 15) is 0 Å². The molecule has 1 unspecified atom stereocenters. The van der Waals surface area contributed by atoms with Gasteiger partial charge in [-0.3, -0.25) is 0 Å². The monoisotopic (exact) mass is 130 g/mol. The minimum atomic E-state index is -1.19. The molecule has 0 bridgehead atoms. The fourth-order valence-electron chi connectivity index (χ4n) is 0.171. The summed E-state index contributed by atoms with van der Waals surface area (Å²) in [6.45, 7) is 1.48. The molecule has 0 aliphatic rings. The minimum absolute atomic E-state index is 1.19. The topological polar surface area (TPSA) is 20.2 Å². The van der Waals surface area contributed by atoms with Crippen molar-refractivity contribution >= 4 is 11.6 Å². The van der Waals surface area contributed by atoms with Gasteiger partial charge in [-0.25, -0.2) is 0 Å². The summed E-state index contributed by atoms with van der Waals surface area (Å²) < 4.78 is 0. The van der Waals surface area contributed by atoms with E-state index in [1.165, 1.54) is 18.5 Å². The van der Waals surface area contributed by atoms with Crippen molar-refractivity contribution < 1.29 is 5.11 Å². The summed E-state index contributed by atoms with van der Waals surface area (Å²) in [6, 6.07) is 0. The molecule has 0 aromatic rings. The smallest absolute Gasteiger partial charge is 0.142 e. The van der Waals surface area contributed by atoms with E-state index in [1.54, 1.807) is 0 Å². The Morgan fingerprint density at radius 3 is 2.50 bits per heavy atom. The van der Waals surface area contributed by atoms with E-state index in [-0.39, 0.29) is 0 Å². The first-order valence-electron chi connectivity index (χ1n) is 2.10. The molecule has 1 atom stereocenters. The van der Waals surface area contributed by atoms with Crippen LogP contribution in [0.1, 0.15) is 6.92 Å². The summed E-state index contributed by atoms with van der Waals surface area (Å²) in [5.74, 6) is 2.13. The molecule has 0 saturated heterocycles. The van der Waals surface area contributed by atoms with Crippen molar-refractivity contribution in [2.45, 2.75) is 12.5 Å². The van der Waals surface area contributed by atoms with Gasteiger partial charge in [-0.2, -0.15) is 0 Å². The molecule has 0 fully saturated rings. The van der Waals surface area contributed by atoms with Crippen LogP contribution in [0.4, 0.5) is 0 Å². The molecule has 0 amide bonds. The van der Waals surface area contributed by atoms with Crippen LogP contribution in [0.15, 0.2) is 11.6 Å². The zero-order chi connectivity index (χ0) is 6.62. The van der Waals surface area contributed by atoms with Crippen LogP contribution < -0.4 is 0 Å². The number of halogens is 1.